The largest absolute Gasteiger partial charge is 0.397 e. The lowest BCUT2D eigenvalue weighted by Crippen LogP contribution is -2.68. The number of fused-ring (bicyclic) bond motifs is 4. The van der Waals surface area contributed by atoms with E-state index in [2.05, 4.69) is 51.8 Å². The standard InChI is InChI=1S/C46H74O20S/c1-21(2)14-22-16-59-46-19-45(20-60-46)23(37(46)44(22,7)54)8-9-28-42(5)12-11-29(41(3,4)27(42)10-13-43(28,45)6)64-40-36(66-38-33(52)30(49)25(15-47)62-38)35(24(48)17-58-40)65-39-34(53)32(51)31(50)26(63-39)18-61-67(55,56)57/h14,22-40,47-54H,8-13,15-20H2,1-7H3,(H,55,56,57)/t22-,23+,24+,25+,26-,27+,28-,29+,30-,31+,32+,33+,34-,35+,36-,37+,38+,39-,40-,42+,43-,44+,45+,46-/m1/s1. The number of aliphatic hydroxyl groups is 8. The van der Waals surface area contributed by atoms with Crippen molar-refractivity contribution in [2.45, 2.75) is 191 Å². The quantitative estimate of drug-likeness (QED) is 0.0764. The molecule has 9 N–H and O–H groups in total. The smallest absolute Gasteiger partial charge is 0.394 e. The number of allylic oxidation sites excluding steroid dienone is 1. The molecule has 0 unspecified atom stereocenters. The zero-order chi connectivity index (χ0) is 48.6. The van der Waals surface area contributed by atoms with E-state index in [1.54, 1.807) is 0 Å². The van der Waals surface area contributed by atoms with Crippen molar-refractivity contribution in [3.63, 3.8) is 0 Å². The molecule has 0 radical (unpaired) electrons. The van der Waals surface area contributed by atoms with Crippen molar-refractivity contribution in [2.75, 3.05) is 33.0 Å². The third-order valence-electron chi connectivity index (χ3n) is 18.9. The van der Waals surface area contributed by atoms with Crippen LogP contribution in [0.2, 0.25) is 0 Å². The average Bonchev–Trinajstić information content (AvgIpc) is 3.88. The van der Waals surface area contributed by atoms with Crippen molar-refractivity contribution in [2.24, 2.45) is 51.2 Å². The highest BCUT2D eigenvalue weighted by Crippen LogP contribution is 2.80. The van der Waals surface area contributed by atoms with Crippen molar-refractivity contribution in [1.29, 1.82) is 0 Å². The maximum absolute atomic E-state index is 12.4. The fourth-order valence-corrected chi connectivity index (χ4v) is 16.0. The molecule has 2 bridgehead atoms. The van der Waals surface area contributed by atoms with Crippen LogP contribution in [0.15, 0.2) is 11.6 Å². The van der Waals surface area contributed by atoms with Crippen LogP contribution in [-0.2, 0) is 52.5 Å². The van der Waals surface area contributed by atoms with E-state index in [0.29, 0.717) is 25.6 Å². The maximum Gasteiger partial charge on any atom is 0.397 e. The van der Waals surface area contributed by atoms with Gasteiger partial charge in [-0.15, -0.1) is 0 Å². The molecule has 4 saturated carbocycles. The number of aliphatic hydroxyl groups excluding tert-OH is 7. The van der Waals surface area contributed by atoms with E-state index in [0.717, 1.165) is 44.1 Å². The Hall–Kier alpha value is -1.03. The molecule has 5 saturated heterocycles. The van der Waals surface area contributed by atoms with Crippen molar-refractivity contribution in [1.82, 2.24) is 0 Å². The van der Waals surface area contributed by atoms with Crippen molar-refractivity contribution in [3.8, 4) is 0 Å². The molecular weight excluding hydrogens is 905 g/mol. The van der Waals surface area contributed by atoms with Gasteiger partial charge in [-0.3, -0.25) is 4.55 Å². The Bertz CT molecular complexity index is 1970. The Kier molecular flexibility index (Phi) is 13.4. The molecule has 24 atom stereocenters. The SMILES string of the molecule is CC(C)=C[C@@H]1CO[C@]23C[C@]4(CO2)[C@@H](CC[C@@H]2[C@@]5(C)CC[C@H](O[C@H]6OC[C@H](O)[C@H](O[C@H]7O[C@H](COS(=O)(=O)O)[C@H](O)[C@H](O)[C@H]7O)[C@H]6O[C@@H]6O[C@@H](CO)[C@@H](O)[C@@H]6O)C(C)(C)[C@@H]5CC[C@]24C)[C@H]3[C@@]1(C)O. The number of rotatable bonds is 11. The second kappa shape index (κ2) is 17.6. The summed E-state index contributed by atoms with van der Waals surface area (Å²) >= 11 is 0. The first kappa shape index (κ1) is 50.9. The Labute approximate surface area is 392 Å². The predicted molar refractivity (Wildman–Crippen MR) is 229 cm³/mol. The first-order valence-electron chi connectivity index (χ1n) is 24.1. The van der Waals surface area contributed by atoms with Crippen LogP contribution in [0.1, 0.15) is 93.4 Å². The summed E-state index contributed by atoms with van der Waals surface area (Å²) in [7, 11) is -5.01. The Morgan fingerprint density at radius 2 is 1.40 bits per heavy atom. The number of hydrogen-bond acceptors (Lipinski definition) is 19. The molecule has 20 nitrogen and oxygen atoms in total. The van der Waals surface area contributed by atoms with Crippen LogP contribution >= 0.6 is 0 Å². The minimum Gasteiger partial charge on any atom is -0.394 e. The van der Waals surface area contributed by atoms with Crippen LogP contribution in [0.3, 0.4) is 0 Å². The average molecular weight is 979 g/mol. The number of ether oxygens (including phenoxy) is 8. The van der Waals surface area contributed by atoms with Crippen LogP contribution in [-0.4, -0.2) is 184 Å². The lowest BCUT2D eigenvalue weighted by atomic mass is 9.35. The van der Waals surface area contributed by atoms with Gasteiger partial charge in [0.1, 0.15) is 61.0 Å². The summed E-state index contributed by atoms with van der Waals surface area (Å²) in [5, 5.41) is 87.7. The molecule has 67 heavy (non-hydrogen) atoms. The first-order valence-corrected chi connectivity index (χ1v) is 25.5. The zero-order valence-electron chi connectivity index (χ0n) is 39.5. The van der Waals surface area contributed by atoms with Gasteiger partial charge in [-0.2, -0.15) is 8.42 Å². The molecule has 0 amide bonds. The summed E-state index contributed by atoms with van der Waals surface area (Å²) in [5.74, 6) is -0.349. The van der Waals surface area contributed by atoms with Gasteiger partial charge in [0.05, 0.1) is 44.7 Å². The van der Waals surface area contributed by atoms with Gasteiger partial charge in [-0.05, 0) is 93.3 Å². The summed E-state index contributed by atoms with van der Waals surface area (Å²) in [6, 6.07) is 0. The fourth-order valence-electron chi connectivity index (χ4n) is 15.7. The van der Waals surface area contributed by atoms with Crippen molar-refractivity contribution < 1.29 is 95.9 Å². The molecule has 384 valence electrons. The van der Waals surface area contributed by atoms with Crippen LogP contribution in [0.5, 0.6) is 0 Å². The van der Waals surface area contributed by atoms with E-state index in [9.17, 15) is 49.3 Å². The van der Waals surface area contributed by atoms with Crippen LogP contribution in [0, 0.1) is 51.2 Å². The lowest BCUT2D eigenvalue weighted by Gasteiger charge is -2.70. The Morgan fingerprint density at radius 3 is 2.06 bits per heavy atom. The number of hydrogen-bond donors (Lipinski definition) is 9. The van der Waals surface area contributed by atoms with Gasteiger partial charge in [-0.25, -0.2) is 4.18 Å². The molecule has 0 aromatic rings. The molecule has 5 aliphatic heterocycles. The minimum absolute atomic E-state index is 0.102. The fraction of sp³-hybridized carbons (Fsp3) is 0.957. The molecule has 9 rings (SSSR count). The Balaban J connectivity index is 0.965. The second-order valence-electron chi connectivity index (χ2n) is 22.9. The van der Waals surface area contributed by atoms with Gasteiger partial charge in [0.25, 0.3) is 0 Å². The summed E-state index contributed by atoms with van der Waals surface area (Å²) in [4.78, 5) is 0. The molecule has 9 aliphatic rings. The molecule has 5 heterocycles. The molecule has 0 aromatic heterocycles. The predicted octanol–water partition coefficient (Wildman–Crippen LogP) is 0.290. The van der Waals surface area contributed by atoms with Crippen molar-refractivity contribution in [3.05, 3.63) is 11.6 Å². The molecule has 21 heteroatoms. The van der Waals surface area contributed by atoms with Gasteiger partial charge in [0, 0.05) is 23.7 Å². The van der Waals surface area contributed by atoms with Gasteiger partial charge in [0.2, 0.25) is 0 Å². The summed E-state index contributed by atoms with van der Waals surface area (Å²) in [5.41, 5.74) is -0.718. The highest BCUT2D eigenvalue weighted by molar-refractivity contribution is 7.80. The maximum atomic E-state index is 12.4. The highest BCUT2D eigenvalue weighted by atomic mass is 32.3. The van der Waals surface area contributed by atoms with Gasteiger partial charge in [0.15, 0.2) is 24.7 Å². The van der Waals surface area contributed by atoms with E-state index in [1.807, 2.05) is 6.92 Å². The monoisotopic (exact) mass is 978 g/mol. The topological polar surface area (TPSA) is 299 Å². The third kappa shape index (κ3) is 8.04. The first-order chi connectivity index (χ1) is 31.2. The lowest BCUT2D eigenvalue weighted by molar-refractivity contribution is -0.375. The van der Waals surface area contributed by atoms with Crippen LogP contribution in [0.25, 0.3) is 0 Å². The summed E-state index contributed by atoms with van der Waals surface area (Å²) in [6.07, 6.45) is -13.6. The Morgan fingerprint density at radius 1 is 0.746 bits per heavy atom. The normalized spacial score (nSPS) is 54.7. The van der Waals surface area contributed by atoms with Crippen LogP contribution in [0.4, 0.5) is 0 Å². The molecular formula is C46H74O20S. The van der Waals surface area contributed by atoms with E-state index >= 15 is 0 Å². The van der Waals surface area contributed by atoms with E-state index in [-0.39, 0.29) is 46.5 Å². The van der Waals surface area contributed by atoms with Gasteiger partial charge < -0.3 is 78.7 Å². The third-order valence-corrected chi connectivity index (χ3v) is 19.3. The molecule has 4 aliphatic carbocycles. The van der Waals surface area contributed by atoms with E-state index < -0.39 is 126 Å². The van der Waals surface area contributed by atoms with Crippen LogP contribution < -0.4 is 0 Å². The zero-order valence-corrected chi connectivity index (χ0v) is 40.3. The summed E-state index contributed by atoms with van der Waals surface area (Å²) in [6.45, 7) is 14.4. The van der Waals surface area contributed by atoms with Gasteiger partial charge >= 0.3 is 10.4 Å². The van der Waals surface area contributed by atoms with Crippen molar-refractivity contribution >= 4 is 10.4 Å². The molecule has 9 fully saturated rings. The highest BCUT2D eigenvalue weighted by Gasteiger charge is 2.81. The molecule has 2 spiro atoms. The van der Waals surface area contributed by atoms with Gasteiger partial charge in [-0.1, -0.05) is 39.3 Å². The van der Waals surface area contributed by atoms with E-state index in [1.165, 1.54) is 0 Å². The second-order valence-corrected chi connectivity index (χ2v) is 24.0. The minimum atomic E-state index is -5.01. The van der Waals surface area contributed by atoms with E-state index in [4.69, 9.17) is 42.4 Å². The molecule has 0 aromatic carbocycles. The summed E-state index contributed by atoms with van der Waals surface area (Å²) < 4.78 is 86.6.